The van der Waals surface area contributed by atoms with Crippen LogP contribution in [-0.2, 0) is 15.4 Å². The minimum atomic E-state index is -4.45. The van der Waals surface area contributed by atoms with Gasteiger partial charge in [-0.3, -0.25) is 0 Å². The average molecular weight is 677 g/mol. The summed E-state index contributed by atoms with van der Waals surface area (Å²) in [6.45, 7) is 1.33. The van der Waals surface area contributed by atoms with Gasteiger partial charge in [-0.15, -0.1) is 0 Å². The molecule has 1 heterocycles. The lowest BCUT2D eigenvalue weighted by Gasteiger charge is -2.38. The molecule has 0 unspecified atom stereocenters. The number of ether oxygens (including phenoxy) is 3. The van der Waals surface area contributed by atoms with Gasteiger partial charge in [0.25, 0.3) is 0 Å². The molecule has 2 aromatic rings. The zero-order chi connectivity index (χ0) is 33.8. The summed E-state index contributed by atoms with van der Waals surface area (Å²) < 4.78 is 130. The molecule has 1 saturated heterocycles. The van der Waals surface area contributed by atoms with Crippen molar-refractivity contribution in [2.75, 3.05) is 19.9 Å². The SMILES string of the molecule is CCCCCC1COC(C2CCC(c3ccc(C4CCC(C(F)(F)Oc5cc(F)c(C(F)(F)CF)c(F)c5)CC4)c(F)c3)CC2)OC1. The van der Waals surface area contributed by atoms with Gasteiger partial charge in [0.2, 0.25) is 0 Å². The fourth-order valence-electron chi connectivity index (χ4n) is 7.54. The van der Waals surface area contributed by atoms with Crippen molar-refractivity contribution in [2.45, 2.75) is 114 Å². The molecule has 47 heavy (non-hydrogen) atoms. The molecule has 0 spiro atoms. The molecule has 2 saturated carbocycles. The number of hydrogen-bond acceptors (Lipinski definition) is 3. The zero-order valence-electron chi connectivity index (χ0n) is 26.7. The minimum Gasteiger partial charge on any atom is -0.432 e. The van der Waals surface area contributed by atoms with Gasteiger partial charge in [0.05, 0.1) is 24.7 Å². The number of rotatable bonds is 12. The van der Waals surface area contributed by atoms with Gasteiger partial charge in [0.1, 0.15) is 23.2 Å². The Hall–Kier alpha value is -2.40. The first-order chi connectivity index (χ1) is 22.4. The van der Waals surface area contributed by atoms with Crippen molar-refractivity contribution in [3.63, 3.8) is 0 Å². The van der Waals surface area contributed by atoms with E-state index in [0.29, 0.717) is 17.4 Å². The van der Waals surface area contributed by atoms with Crippen molar-refractivity contribution in [1.82, 2.24) is 0 Å². The lowest BCUT2D eigenvalue weighted by atomic mass is 9.76. The standard InChI is InChI=1S/C36H44F8O3/c1-2-3-4-5-22-19-45-34(46-20-22)25-8-6-23(7-9-25)26-12-15-29(30(38)16-26)24-10-13-27(14-11-24)36(43,44)47-28-17-31(39)33(32(40)18-28)35(41,42)21-37/h12,15-18,22-25,27,34H,2-11,13-14,19-21H2,1H3. The molecule has 0 bridgehead atoms. The highest BCUT2D eigenvalue weighted by Gasteiger charge is 2.45. The van der Waals surface area contributed by atoms with Crippen molar-refractivity contribution in [2.24, 2.45) is 17.8 Å². The van der Waals surface area contributed by atoms with E-state index in [1.807, 2.05) is 6.07 Å². The highest BCUT2D eigenvalue weighted by Crippen LogP contribution is 2.45. The third-order valence-electron chi connectivity index (χ3n) is 10.3. The van der Waals surface area contributed by atoms with Crippen molar-refractivity contribution < 1.29 is 49.3 Å². The van der Waals surface area contributed by atoms with E-state index in [2.05, 4.69) is 11.7 Å². The number of benzene rings is 2. The summed E-state index contributed by atoms with van der Waals surface area (Å²) in [6.07, 6.45) is 4.81. The molecule has 3 aliphatic rings. The molecule has 3 fully saturated rings. The van der Waals surface area contributed by atoms with Crippen LogP contribution >= 0.6 is 0 Å². The lowest BCUT2D eigenvalue weighted by Crippen LogP contribution is -2.38. The summed E-state index contributed by atoms with van der Waals surface area (Å²) in [5.41, 5.74) is -0.447. The average Bonchev–Trinajstić information content (AvgIpc) is 3.05. The number of halogens is 8. The van der Waals surface area contributed by atoms with Crippen LogP contribution < -0.4 is 4.74 Å². The highest BCUT2D eigenvalue weighted by atomic mass is 19.3. The first kappa shape index (κ1) is 35.9. The fraction of sp³-hybridized carbons (Fsp3) is 0.667. The monoisotopic (exact) mass is 676 g/mol. The summed E-state index contributed by atoms with van der Waals surface area (Å²) in [5.74, 6) is -10.2. The summed E-state index contributed by atoms with van der Waals surface area (Å²) in [6, 6.07) is 5.65. The van der Waals surface area contributed by atoms with Gasteiger partial charge in [-0.05, 0) is 86.8 Å². The quantitative estimate of drug-likeness (QED) is 0.165. The molecule has 5 rings (SSSR count). The van der Waals surface area contributed by atoms with E-state index in [4.69, 9.17) is 9.47 Å². The smallest absolute Gasteiger partial charge is 0.400 e. The first-order valence-electron chi connectivity index (χ1n) is 16.9. The fourth-order valence-corrected chi connectivity index (χ4v) is 7.54. The van der Waals surface area contributed by atoms with Crippen LogP contribution in [0.25, 0.3) is 0 Å². The van der Waals surface area contributed by atoms with E-state index in [-0.39, 0.29) is 61.8 Å². The van der Waals surface area contributed by atoms with Crippen LogP contribution in [0.2, 0.25) is 0 Å². The topological polar surface area (TPSA) is 27.7 Å². The summed E-state index contributed by atoms with van der Waals surface area (Å²) in [5, 5.41) is 0. The van der Waals surface area contributed by atoms with Crippen molar-refractivity contribution >= 4 is 0 Å². The third-order valence-corrected chi connectivity index (χ3v) is 10.3. The summed E-state index contributed by atoms with van der Waals surface area (Å²) in [7, 11) is 0. The van der Waals surface area contributed by atoms with E-state index >= 15 is 4.39 Å². The third kappa shape index (κ3) is 8.61. The predicted molar refractivity (Wildman–Crippen MR) is 161 cm³/mol. The summed E-state index contributed by atoms with van der Waals surface area (Å²) >= 11 is 0. The molecule has 11 heteroatoms. The minimum absolute atomic E-state index is 0.0450. The van der Waals surface area contributed by atoms with Gasteiger partial charge in [-0.25, -0.2) is 17.6 Å². The Morgan fingerprint density at radius 3 is 1.96 bits per heavy atom. The second-order valence-electron chi connectivity index (χ2n) is 13.6. The van der Waals surface area contributed by atoms with Gasteiger partial charge in [-0.1, -0.05) is 38.3 Å². The normalized spacial score (nSPS) is 27.5. The van der Waals surface area contributed by atoms with E-state index in [9.17, 15) is 30.7 Å². The van der Waals surface area contributed by atoms with Gasteiger partial charge >= 0.3 is 12.0 Å². The zero-order valence-corrected chi connectivity index (χ0v) is 26.7. The van der Waals surface area contributed by atoms with Crippen molar-refractivity contribution in [3.8, 4) is 5.75 Å². The molecule has 262 valence electrons. The Kier molecular flexibility index (Phi) is 11.8. The van der Waals surface area contributed by atoms with Gasteiger partial charge in [0.15, 0.2) is 13.0 Å². The first-order valence-corrected chi connectivity index (χ1v) is 16.9. The lowest BCUT2D eigenvalue weighted by molar-refractivity contribution is -0.229. The number of hydrogen-bond donors (Lipinski definition) is 0. The van der Waals surface area contributed by atoms with E-state index < -0.39 is 47.6 Å². The van der Waals surface area contributed by atoms with E-state index in [1.165, 1.54) is 19.3 Å². The van der Waals surface area contributed by atoms with E-state index in [0.717, 1.165) is 50.9 Å². The van der Waals surface area contributed by atoms with Crippen LogP contribution in [0.3, 0.4) is 0 Å². The number of alkyl halides is 5. The molecule has 2 aromatic carbocycles. The Morgan fingerprint density at radius 1 is 0.766 bits per heavy atom. The molecule has 0 radical (unpaired) electrons. The molecular weight excluding hydrogens is 632 g/mol. The van der Waals surface area contributed by atoms with E-state index in [1.54, 1.807) is 12.1 Å². The molecule has 0 atom stereocenters. The maximum atomic E-state index is 15.4. The summed E-state index contributed by atoms with van der Waals surface area (Å²) in [4.78, 5) is 0. The molecule has 0 amide bonds. The Balaban J connectivity index is 1.10. The molecule has 3 nitrogen and oxygen atoms in total. The van der Waals surface area contributed by atoms with Crippen LogP contribution in [0.4, 0.5) is 35.1 Å². The number of unbranched alkanes of at least 4 members (excludes halogenated alkanes) is 2. The van der Waals surface area contributed by atoms with Crippen molar-refractivity contribution in [1.29, 1.82) is 0 Å². The van der Waals surface area contributed by atoms with Gasteiger partial charge < -0.3 is 14.2 Å². The van der Waals surface area contributed by atoms with Crippen molar-refractivity contribution in [3.05, 3.63) is 64.5 Å². The Labute approximate surface area is 271 Å². The second kappa shape index (κ2) is 15.4. The van der Waals surface area contributed by atoms with Crippen LogP contribution in [0, 0.1) is 35.2 Å². The maximum absolute atomic E-state index is 15.4. The van der Waals surface area contributed by atoms with Gasteiger partial charge in [-0.2, -0.15) is 17.6 Å². The largest absolute Gasteiger partial charge is 0.432 e. The maximum Gasteiger partial charge on any atom is 0.400 e. The molecule has 0 aromatic heterocycles. The molecule has 0 N–H and O–H groups in total. The van der Waals surface area contributed by atoms with Crippen LogP contribution in [-0.4, -0.2) is 32.3 Å². The van der Waals surface area contributed by atoms with Crippen LogP contribution in [0.15, 0.2) is 30.3 Å². The molecule has 2 aliphatic carbocycles. The Bertz CT molecular complexity index is 1290. The second-order valence-corrected chi connectivity index (χ2v) is 13.6. The predicted octanol–water partition coefficient (Wildman–Crippen LogP) is 11.0. The molecule has 1 aliphatic heterocycles. The molecular formula is C36H44F8O3. The Morgan fingerprint density at radius 2 is 1.38 bits per heavy atom. The van der Waals surface area contributed by atoms with Gasteiger partial charge in [0, 0.05) is 24.0 Å². The highest BCUT2D eigenvalue weighted by molar-refractivity contribution is 5.34. The van der Waals surface area contributed by atoms with Crippen LogP contribution in [0.1, 0.15) is 112 Å². The van der Waals surface area contributed by atoms with Crippen LogP contribution in [0.5, 0.6) is 5.75 Å².